The third-order valence-corrected chi connectivity index (χ3v) is 7.25. The Morgan fingerprint density at radius 2 is 1.08 bits per heavy atom. The molecule has 0 saturated heterocycles. The highest BCUT2D eigenvalue weighted by Gasteiger charge is 2.06. The number of hydrogen-bond acceptors (Lipinski definition) is 3. The number of amides is 2. The third kappa shape index (κ3) is 20.1. The zero-order valence-electron chi connectivity index (χ0n) is 24.8. The van der Waals surface area contributed by atoms with Gasteiger partial charge in [0.2, 0.25) is 5.91 Å². The van der Waals surface area contributed by atoms with Gasteiger partial charge in [0.25, 0.3) is 5.91 Å². The zero-order chi connectivity index (χ0) is 27.5. The Kier molecular flexibility index (Phi) is 22.8. The molecule has 1 aromatic rings. The standard InChI is InChI=1S/C33H58N2O3/c1-3-4-5-6-7-8-9-10-11-12-13-14-15-16-17-18-19-20-21-23-32(36)35-31-26-24-30(25-27-31)33(37)34-28-22-29-38-2/h24-27H,3-23,28-29H2,1-2H3,(H,34,37)(H,35,36). The van der Waals surface area contributed by atoms with Gasteiger partial charge in [0.05, 0.1) is 0 Å². The van der Waals surface area contributed by atoms with Crippen LogP contribution >= 0.6 is 0 Å². The van der Waals surface area contributed by atoms with Crippen LogP contribution in [0.2, 0.25) is 0 Å². The maximum absolute atomic E-state index is 12.2. The molecule has 1 rings (SSSR count). The lowest BCUT2D eigenvalue weighted by atomic mass is 10.0. The average molecular weight is 531 g/mol. The highest BCUT2D eigenvalue weighted by molar-refractivity contribution is 5.95. The topological polar surface area (TPSA) is 67.4 Å². The highest BCUT2D eigenvalue weighted by Crippen LogP contribution is 2.15. The first kappa shape index (κ1) is 34.1. The number of methoxy groups -OCH3 is 1. The molecule has 0 aliphatic heterocycles. The fraction of sp³-hybridized carbons (Fsp3) is 0.758. The number of carbonyl (C=O) groups excluding carboxylic acids is 2. The Balaban J connectivity index is 1.89. The Morgan fingerprint density at radius 3 is 1.53 bits per heavy atom. The Morgan fingerprint density at radius 1 is 0.632 bits per heavy atom. The minimum atomic E-state index is -0.104. The molecule has 2 N–H and O–H groups in total. The molecule has 218 valence electrons. The third-order valence-electron chi connectivity index (χ3n) is 7.25. The maximum Gasteiger partial charge on any atom is 0.251 e. The van der Waals surface area contributed by atoms with Crippen molar-refractivity contribution in [3.05, 3.63) is 29.8 Å². The average Bonchev–Trinajstić information content (AvgIpc) is 2.92. The smallest absolute Gasteiger partial charge is 0.251 e. The number of rotatable bonds is 26. The van der Waals surface area contributed by atoms with Crippen molar-refractivity contribution in [2.75, 3.05) is 25.6 Å². The largest absolute Gasteiger partial charge is 0.385 e. The number of benzene rings is 1. The molecule has 0 saturated carbocycles. The molecule has 0 aliphatic rings. The second-order valence-corrected chi connectivity index (χ2v) is 10.8. The lowest BCUT2D eigenvalue weighted by Gasteiger charge is -2.08. The van der Waals surface area contributed by atoms with E-state index in [2.05, 4.69) is 17.6 Å². The van der Waals surface area contributed by atoms with Crippen LogP contribution in [-0.2, 0) is 9.53 Å². The lowest BCUT2D eigenvalue weighted by Crippen LogP contribution is -2.25. The van der Waals surface area contributed by atoms with E-state index in [1.54, 1.807) is 31.4 Å². The summed E-state index contributed by atoms with van der Waals surface area (Å²) >= 11 is 0. The number of nitrogens with one attached hydrogen (secondary N) is 2. The van der Waals surface area contributed by atoms with Crippen molar-refractivity contribution in [3.8, 4) is 0 Å². The van der Waals surface area contributed by atoms with Crippen LogP contribution in [0.1, 0.15) is 152 Å². The van der Waals surface area contributed by atoms with Gasteiger partial charge in [-0.2, -0.15) is 0 Å². The van der Waals surface area contributed by atoms with E-state index < -0.39 is 0 Å². The number of carbonyl (C=O) groups is 2. The molecule has 0 atom stereocenters. The predicted molar refractivity (Wildman–Crippen MR) is 162 cm³/mol. The van der Waals surface area contributed by atoms with Gasteiger partial charge in [-0.05, 0) is 37.1 Å². The summed E-state index contributed by atoms with van der Waals surface area (Å²) in [6.07, 6.45) is 27.1. The van der Waals surface area contributed by atoms with Gasteiger partial charge < -0.3 is 15.4 Å². The predicted octanol–water partition coefficient (Wildman–Crippen LogP) is 9.21. The van der Waals surface area contributed by atoms with Gasteiger partial charge in [0.15, 0.2) is 0 Å². The molecular weight excluding hydrogens is 472 g/mol. The van der Waals surface area contributed by atoms with Crippen molar-refractivity contribution in [3.63, 3.8) is 0 Å². The fourth-order valence-electron chi connectivity index (χ4n) is 4.81. The molecule has 0 bridgehead atoms. The molecule has 0 unspecified atom stereocenters. The van der Waals surface area contributed by atoms with Crippen molar-refractivity contribution < 1.29 is 14.3 Å². The molecule has 2 amide bonds. The Labute approximate surface area is 234 Å². The number of unbranched alkanes of at least 4 members (excludes halogenated alkanes) is 18. The van der Waals surface area contributed by atoms with Crippen LogP contribution in [0.15, 0.2) is 24.3 Å². The van der Waals surface area contributed by atoms with E-state index in [0.29, 0.717) is 25.1 Å². The first-order chi connectivity index (χ1) is 18.7. The Bertz CT molecular complexity index is 690. The summed E-state index contributed by atoms with van der Waals surface area (Å²) in [5.41, 5.74) is 1.34. The minimum absolute atomic E-state index is 0.0498. The molecule has 5 heteroatoms. The molecule has 0 spiro atoms. The van der Waals surface area contributed by atoms with E-state index in [4.69, 9.17) is 4.74 Å². The van der Waals surface area contributed by atoms with Crippen molar-refractivity contribution >= 4 is 17.5 Å². The summed E-state index contributed by atoms with van der Waals surface area (Å²) in [5.74, 6) is -0.0539. The van der Waals surface area contributed by atoms with Gasteiger partial charge in [0.1, 0.15) is 0 Å². The van der Waals surface area contributed by atoms with Crippen LogP contribution in [0, 0.1) is 0 Å². The molecule has 1 aromatic carbocycles. The number of hydrogen-bond donors (Lipinski definition) is 2. The summed E-state index contributed by atoms with van der Waals surface area (Å²) in [5, 5.41) is 5.80. The zero-order valence-corrected chi connectivity index (χ0v) is 24.8. The van der Waals surface area contributed by atoms with Crippen molar-refractivity contribution in [2.45, 2.75) is 142 Å². The molecule has 0 radical (unpaired) electrons. The second kappa shape index (κ2) is 25.4. The van der Waals surface area contributed by atoms with E-state index in [1.165, 1.54) is 109 Å². The summed E-state index contributed by atoms with van der Waals surface area (Å²) in [4.78, 5) is 24.3. The minimum Gasteiger partial charge on any atom is -0.385 e. The van der Waals surface area contributed by atoms with E-state index >= 15 is 0 Å². The fourth-order valence-corrected chi connectivity index (χ4v) is 4.81. The number of ether oxygens (including phenoxy) is 1. The molecule has 0 aromatic heterocycles. The quantitative estimate of drug-likeness (QED) is 0.117. The second-order valence-electron chi connectivity index (χ2n) is 10.8. The van der Waals surface area contributed by atoms with Crippen LogP contribution in [0.4, 0.5) is 5.69 Å². The lowest BCUT2D eigenvalue weighted by molar-refractivity contribution is -0.116. The molecule has 0 fully saturated rings. The summed E-state index contributed by atoms with van der Waals surface area (Å²) in [6.45, 7) is 3.50. The van der Waals surface area contributed by atoms with E-state index in [9.17, 15) is 9.59 Å². The van der Waals surface area contributed by atoms with Gasteiger partial charge in [-0.3, -0.25) is 9.59 Å². The first-order valence-electron chi connectivity index (χ1n) is 15.8. The van der Waals surface area contributed by atoms with Crippen molar-refractivity contribution in [1.82, 2.24) is 5.32 Å². The van der Waals surface area contributed by atoms with Crippen LogP contribution in [0.3, 0.4) is 0 Å². The molecule has 0 aliphatic carbocycles. The van der Waals surface area contributed by atoms with Gasteiger partial charge in [-0.15, -0.1) is 0 Å². The van der Waals surface area contributed by atoms with Gasteiger partial charge in [-0.1, -0.05) is 122 Å². The molecule has 5 nitrogen and oxygen atoms in total. The van der Waals surface area contributed by atoms with E-state index in [0.717, 1.165) is 24.9 Å². The SMILES string of the molecule is CCCCCCCCCCCCCCCCCCCCCC(=O)Nc1ccc(C(=O)NCCCOC)cc1. The van der Waals surface area contributed by atoms with E-state index in [1.807, 2.05) is 0 Å². The van der Waals surface area contributed by atoms with Crippen LogP contribution < -0.4 is 10.6 Å². The van der Waals surface area contributed by atoms with Crippen LogP contribution in [0.25, 0.3) is 0 Å². The summed E-state index contributed by atoms with van der Waals surface area (Å²) < 4.78 is 4.98. The highest BCUT2D eigenvalue weighted by atomic mass is 16.5. The van der Waals surface area contributed by atoms with Crippen LogP contribution in [0.5, 0.6) is 0 Å². The summed E-state index contributed by atoms with van der Waals surface area (Å²) in [6, 6.07) is 7.08. The Hall–Kier alpha value is -1.88. The van der Waals surface area contributed by atoms with Gasteiger partial charge >= 0.3 is 0 Å². The van der Waals surface area contributed by atoms with E-state index in [-0.39, 0.29) is 11.8 Å². The van der Waals surface area contributed by atoms with Crippen LogP contribution in [-0.4, -0.2) is 32.1 Å². The summed E-state index contributed by atoms with van der Waals surface area (Å²) in [7, 11) is 1.65. The molecule has 0 heterocycles. The van der Waals surface area contributed by atoms with Crippen molar-refractivity contribution in [2.24, 2.45) is 0 Å². The maximum atomic E-state index is 12.2. The molecule has 38 heavy (non-hydrogen) atoms. The monoisotopic (exact) mass is 530 g/mol. The van der Waals surface area contributed by atoms with Gasteiger partial charge in [0, 0.05) is 37.9 Å². The normalized spacial score (nSPS) is 11.0. The number of anilines is 1. The van der Waals surface area contributed by atoms with Crippen molar-refractivity contribution in [1.29, 1.82) is 0 Å². The first-order valence-corrected chi connectivity index (χ1v) is 15.8. The molecular formula is C33H58N2O3. The van der Waals surface area contributed by atoms with Gasteiger partial charge in [-0.25, -0.2) is 0 Å².